The van der Waals surface area contributed by atoms with E-state index >= 15 is 0 Å². The van der Waals surface area contributed by atoms with Gasteiger partial charge in [-0.3, -0.25) is 0 Å². The molecule has 0 aliphatic carbocycles. The zero-order chi connectivity index (χ0) is 33.3. The Morgan fingerprint density at radius 3 is 1.18 bits per heavy atom. The van der Waals surface area contributed by atoms with E-state index in [1.165, 1.54) is 88.3 Å². The Labute approximate surface area is 293 Å². The van der Waals surface area contributed by atoms with Crippen LogP contribution in [0.1, 0.15) is 0 Å². The Morgan fingerprint density at radius 2 is 0.620 bits per heavy atom. The second-order valence-electron chi connectivity index (χ2n) is 12.9. The maximum atomic E-state index is 2.41. The van der Waals surface area contributed by atoms with Gasteiger partial charge in [0.1, 0.15) is 0 Å². The van der Waals surface area contributed by atoms with Gasteiger partial charge in [-0.25, -0.2) is 0 Å². The lowest BCUT2D eigenvalue weighted by atomic mass is 9.83. The highest BCUT2D eigenvalue weighted by Crippen LogP contribution is 2.46. The van der Waals surface area contributed by atoms with E-state index in [1.807, 2.05) is 0 Å². The van der Waals surface area contributed by atoms with Gasteiger partial charge >= 0.3 is 0 Å². The highest BCUT2D eigenvalue weighted by molar-refractivity contribution is 6.21. The Bertz CT molecular complexity index is 2620. The zero-order valence-corrected chi connectivity index (χ0v) is 27.6. The lowest BCUT2D eigenvalue weighted by Crippen LogP contribution is -1.93. The largest absolute Gasteiger partial charge is 0.0622 e. The zero-order valence-electron chi connectivity index (χ0n) is 27.6. The molecular formula is C50H34. The summed E-state index contributed by atoms with van der Waals surface area (Å²) in [5.74, 6) is 0. The molecule has 0 saturated heterocycles. The molecule has 0 unspecified atom stereocenters. The highest BCUT2D eigenvalue weighted by atomic mass is 14.2. The van der Waals surface area contributed by atoms with Gasteiger partial charge in [-0.1, -0.05) is 182 Å². The van der Waals surface area contributed by atoms with E-state index in [0.717, 1.165) is 0 Å². The van der Waals surface area contributed by atoms with Gasteiger partial charge < -0.3 is 0 Å². The molecule has 9 rings (SSSR count). The third-order valence-corrected chi connectivity index (χ3v) is 9.85. The Morgan fingerprint density at radius 1 is 0.220 bits per heavy atom. The van der Waals surface area contributed by atoms with E-state index in [2.05, 4.69) is 206 Å². The number of hydrogen-bond donors (Lipinski definition) is 0. The number of rotatable bonds is 6. The number of fused-ring (bicyclic) bond motifs is 2. The summed E-state index contributed by atoms with van der Waals surface area (Å²) in [5, 5.41) is 5.00. The molecule has 9 aromatic carbocycles. The van der Waals surface area contributed by atoms with Crippen LogP contribution in [0.4, 0.5) is 0 Å². The Balaban J connectivity index is 1.36. The summed E-state index contributed by atoms with van der Waals surface area (Å²) in [6, 6.07) is 75.0. The number of hydrogen-bond acceptors (Lipinski definition) is 0. The van der Waals surface area contributed by atoms with Gasteiger partial charge in [0.15, 0.2) is 0 Å². The molecule has 0 aliphatic heterocycles. The first-order chi connectivity index (χ1) is 24.8. The van der Waals surface area contributed by atoms with Crippen LogP contribution in [0.25, 0.3) is 88.3 Å². The van der Waals surface area contributed by atoms with Crippen LogP contribution in [0.2, 0.25) is 0 Å². The van der Waals surface area contributed by atoms with Crippen LogP contribution in [0.5, 0.6) is 0 Å². The molecule has 0 aliphatic rings. The van der Waals surface area contributed by atoms with Crippen LogP contribution in [0.3, 0.4) is 0 Å². The topological polar surface area (TPSA) is 0 Å². The van der Waals surface area contributed by atoms with E-state index in [0.29, 0.717) is 0 Å². The summed E-state index contributed by atoms with van der Waals surface area (Å²) in [7, 11) is 0. The fraction of sp³-hybridized carbons (Fsp3) is 0. The first-order valence-electron chi connectivity index (χ1n) is 17.3. The van der Waals surface area contributed by atoms with Crippen molar-refractivity contribution in [3.63, 3.8) is 0 Å². The van der Waals surface area contributed by atoms with Crippen LogP contribution >= 0.6 is 0 Å². The first kappa shape index (κ1) is 29.6. The molecule has 0 radical (unpaired) electrons. The third kappa shape index (κ3) is 5.48. The van der Waals surface area contributed by atoms with Gasteiger partial charge in [0.05, 0.1) is 0 Å². The molecule has 0 saturated carbocycles. The van der Waals surface area contributed by atoms with Gasteiger partial charge in [-0.2, -0.15) is 0 Å². The smallest absolute Gasteiger partial charge is 0.00141 e. The van der Waals surface area contributed by atoms with Crippen molar-refractivity contribution in [1.82, 2.24) is 0 Å². The lowest BCUT2D eigenvalue weighted by molar-refractivity contribution is 1.58. The summed E-state index contributed by atoms with van der Waals surface area (Å²) in [5.41, 5.74) is 14.6. The fourth-order valence-corrected chi connectivity index (χ4v) is 7.45. The highest BCUT2D eigenvalue weighted by Gasteiger charge is 2.19. The summed E-state index contributed by atoms with van der Waals surface area (Å²) in [4.78, 5) is 0. The molecule has 0 aromatic heterocycles. The van der Waals surface area contributed by atoms with Crippen molar-refractivity contribution in [3.05, 3.63) is 206 Å². The molecule has 0 N–H and O–H groups in total. The number of benzene rings is 9. The summed E-state index contributed by atoms with van der Waals surface area (Å²) >= 11 is 0. The Hall–Kier alpha value is -6.50. The van der Waals surface area contributed by atoms with Crippen LogP contribution in [-0.2, 0) is 0 Å². The first-order valence-corrected chi connectivity index (χ1v) is 17.3. The SMILES string of the molecule is c1ccc(-c2cccc(-c3ccc(-c4cccc(-c5ccccc5)c4)c4c(-c5cccc(-c6ccccc6)c5)c5ccccc5cc34)c2)cc1. The maximum Gasteiger partial charge on any atom is -0.00141 e. The molecule has 0 heteroatoms. The second-order valence-corrected chi connectivity index (χ2v) is 12.9. The second kappa shape index (κ2) is 12.8. The fourth-order valence-electron chi connectivity index (χ4n) is 7.45. The van der Waals surface area contributed by atoms with Crippen molar-refractivity contribution in [1.29, 1.82) is 0 Å². The third-order valence-electron chi connectivity index (χ3n) is 9.85. The van der Waals surface area contributed by atoms with Crippen molar-refractivity contribution in [2.45, 2.75) is 0 Å². The van der Waals surface area contributed by atoms with Crippen LogP contribution in [0.15, 0.2) is 206 Å². The minimum Gasteiger partial charge on any atom is -0.0622 e. The van der Waals surface area contributed by atoms with Crippen molar-refractivity contribution < 1.29 is 0 Å². The average molecular weight is 635 g/mol. The molecule has 234 valence electrons. The predicted octanol–water partition coefficient (Wildman–Crippen LogP) is 14.0. The minimum absolute atomic E-state index is 1.21. The van der Waals surface area contributed by atoms with Crippen LogP contribution < -0.4 is 0 Å². The molecule has 0 amide bonds. The van der Waals surface area contributed by atoms with E-state index in [1.54, 1.807) is 0 Å². The summed E-state index contributed by atoms with van der Waals surface area (Å²) in [6.45, 7) is 0. The molecule has 50 heavy (non-hydrogen) atoms. The van der Waals surface area contributed by atoms with Gasteiger partial charge in [0.25, 0.3) is 0 Å². The standard InChI is InChI=1S/C50H34/c1-4-15-35(16-5-1)38-22-12-25-41(31-38)45-29-30-47(42-26-13-23-39(32-42)36-17-6-2-7-18-36)50-48(45)34-43-21-10-11-28-46(43)49(50)44-27-14-24-40(33-44)37-19-8-3-9-20-37/h1-34H. The van der Waals surface area contributed by atoms with Crippen LogP contribution in [0, 0.1) is 0 Å². The van der Waals surface area contributed by atoms with Gasteiger partial charge in [0, 0.05) is 0 Å². The molecule has 9 aromatic rings. The summed E-state index contributed by atoms with van der Waals surface area (Å²) in [6.07, 6.45) is 0. The van der Waals surface area contributed by atoms with Crippen molar-refractivity contribution in [2.75, 3.05) is 0 Å². The quantitative estimate of drug-likeness (QED) is 0.160. The van der Waals surface area contributed by atoms with Gasteiger partial charge in [0.2, 0.25) is 0 Å². The summed E-state index contributed by atoms with van der Waals surface area (Å²) < 4.78 is 0. The van der Waals surface area contributed by atoms with E-state index in [-0.39, 0.29) is 0 Å². The van der Waals surface area contributed by atoms with E-state index in [4.69, 9.17) is 0 Å². The monoisotopic (exact) mass is 634 g/mol. The van der Waals surface area contributed by atoms with Crippen LogP contribution in [-0.4, -0.2) is 0 Å². The lowest BCUT2D eigenvalue weighted by Gasteiger charge is -2.20. The Kier molecular flexibility index (Phi) is 7.61. The van der Waals surface area contributed by atoms with Gasteiger partial charge in [-0.05, 0) is 113 Å². The predicted molar refractivity (Wildman–Crippen MR) is 214 cm³/mol. The molecule has 0 atom stereocenters. The van der Waals surface area contributed by atoms with Crippen molar-refractivity contribution >= 4 is 21.5 Å². The molecule has 0 bridgehead atoms. The van der Waals surface area contributed by atoms with Gasteiger partial charge in [-0.15, -0.1) is 0 Å². The van der Waals surface area contributed by atoms with E-state index in [9.17, 15) is 0 Å². The maximum absolute atomic E-state index is 2.41. The molecule has 0 heterocycles. The molecular weight excluding hydrogens is 601 g/mol. The normalized spacial score (nSPS) is 11.2. The van der Waals surface area contributed by atoms with E-state index < -0.39 is 0 Å². The van der Waals surface area contributed by atoms with Crippen molar-refractivity contribution in [3.8, 4) is 66.8 Å². The molecule has 0 fully saturated rings. The average Bonchev–Trinajstić information content (AvgIpc) is 3.20. The van der Waals surface area contributed by atoms with Crippen molar-refractivity contribution in [2.24, 2.45) is 0 Å². The molecule has 0 nitrogen and oxygen atoms in total. The minimum atomic E-state index is 1.21. The molecule has 0 spiro atoms.